The summed E-state index contributed by atoms with van der Waals surface area (Å²) in [7, 11) is 3.37. The van der Waals surface area contributed by atoms with E-state index in [1.807, 2.05) is 50.1 Å². The van der Waals surface area contributed by atoms with Crippen molar-refractivity contribution in [1.82, 2.24) is 10.2 Å². The molecule has 3 amide bonds. The van der Waals surface area contributed by atoms with Crippen LogP contribution in [0.1, 0.15) is 37.3 Å². The van der Waals surface area contributed by atoms with Crippen LogP contribution in [0.15, 0.2) is 42.5 Å². The number of benzene rings is 2. The fraction of sp³-hybridized carbons (Fsp3) is 0.400. The predicted molar refractivity (Wildman–Crippen MR) is 132 cm³/mol. The number of carboxylic acid groups (broad SMARTS) is 1. The van der Waals surface area contributed by atoms with Crippen molar-refractivity contribution in [3.05, 3.63) is 53.6 Å². The number of urea groups is 1. The highest BCUT2D eigenvalue weighted by molar-refractivity contribution is 6.01. The van der Waals surface area contributed by atoms with Gasteiger partial charge in [0.2, 0.25) is 5.91 Å². The number of para-hydroxylation sites is 1. The number of hydrogen-bond acceptors (Lipinski definition) is 5. The third kappa shape index (κ3) is 8.40. The summed E-state index contributed by atoms with van der Waals surface area (Å²) in [6.07, 6.45) is 1.26. The van der Waals surface area contributed by atoms with Crippen LogP contribution in [-0.2, 0) is 16.0 Å². The summed E-state index contributed by atoms with van der Waals surface area (Å²) in [6.45, 7) is 4.45. The Morgan fingerprint density at radius 1 is 1.09 bits per heavy atom. The Morgan fingerprint density at radius 3 is 2.44 bits per heavy atom. The van der Waals surface area contributed by atoms with E-state index in [1.54, 1.807) is 18.2 Å². The number of hydrogen-bond donors (Lipinski definition) is 4. The van der Waals surface area contributed by atoms with Crippen molar-refractivity contribution in [2.75, 3.05) is 31.3 Å². The lowest BCUT2D eigenvalue weighted by Gasteiger charge is -2.28. The van der Waals surface area contributed by atoms with Crippen molar-refractivity contribution in [2.45, 2.75) is 45.7 Å². The van der Waals surface area contributed by atoms with E-state index in [0.29, 0.717) is 36.5 Å². The number of carbonyl (C=O) groups is 3. The zero-order valence-electron chi connectivity index (χ0n) is 20.2. The van der Waals surface area contributed by atoms with Crippen LogP contribution < -0.4 is 20.7 Å². The first-order valence-electron chi connectivity index (χ1n) is 11.3. The molecular formula is C25H34N4O5. The average molecular weight is 471 g/mol. The van der Waals surface area contributed by atoms with Crippen LogP contribution in [0.3, 0.4) is 0 Å². The third-order valence-electron chi connectivity index (χ3n) is 5.42. The van der Waals surface area contributed by atoms with Crippen molar-refractivity contribution in [3.63, 3.8) is 0 Å². The van der Waals surface area contributed by atoms with E-state index in [1.165, 1.54) is 7.11 Å². The quantitative estimate of drug-likeness (QED) is 0.350. The summed E-state index contributed by atoms with van der Waals surface area (Å²) in [5.41, 5.74) is 2.89. The van der Waals surface area contributed by atoms with Gasteiger partial charge in [0, 0.05) is 18.7 Å². The molecule has 0 saturated carbocycles. The van der Waals surface area contributed by atoms with Gasteiger partial charge in [0.15, 0.2) is 0 Å². The number of aryl methyl sites for hydroxylation is 1. The Kier molecular flexibility index (Phi) is 10.3. The van der Waals surface area contributed by atoms with Gasteiger partial charge in [-0.05, 0) is 56.1 Å². The van der Waals surface area contributed by atoms with Crippen LogP contribution in [-0.4, -0.2) is 54.8 Å². The molecule has 2 aromatic carbocycles. The number of nitrogens with one attached hydrogen (secondary N) is 3. The lowest BCUT2D eigenvalue weighted by Crippen LogP contribution is -2.46. The second-order valence-corrected chi connectivity index (χ2v) is 8.07. The first-order chi connectivity index (χ1) is 16.2. The Hall–Kier alpha value is -3.59. The molecule has 0 aliphatic rings. The fourth-order valence-corrected chi connectivity index (χ4v) is 3.52. The normalized spacial score (nSPS) is 11.6. The molecule has 184 valence electrons. The monoisotopic (exact) mass is 470 g/mol. The lowest BCUT2D eigenvalue weighted by atomic mass is 10.1. The minimum absolute atomic E-state index is 0.0951. The molecule has 0 aliphatic heterocycles. The zero-order chi connectivity index (χ0) is 25.1. The lowest BCUT2D eigenvalue weighted by molar-refractivity contribution is -0.137. The van der Waals surface area contributed by atoms with Crippen LogP contribution >= 0.6 is 0 Å². The van der Waals surface area contributed by atoms with E-state index in [-0.39, 0.29) is 24.9 Å². The van der Waals surface area contributed by atoms with Crippen molar-refractivity contribution in [2.24, 2.45) is 0 Å². The molecule has 0 heterocycles. The van der Waals surface area contributed by atoms with Gasteiger partial charge in [0.1, 0.15) is 5.75 Å². The molecule has 0 aliphatic carbocycles. The van der Waals surface area contributed by atoms with Gasteiger partial charge in [0.05, 0.1) is 25.4 Å². The number of rotatable bonds is 12. The molecule has 0 aromatic heterocycles. The molecule has 0 saturated heterocycles. The summed E-state index contributed by atoms with van der Waals surface area (Å²) in [5.74, 6) is -0.537. The van der Waals surface area contributed by atoms with Gasteiger partial charge in [-0.2, -0.15) is 0 Å². The van der Waals surface area contributed by atoms with Gasteiger partial charge >= 0.3 is 12.0 Å². The smallest absolute Gasteiger partial charge is 0.323 e. The summed E-state index contributed by atoms with van der Waals surface area (Å²) >= 11 is 0. The summed E-state index contributed by atoms with van der Waals surface area (Å²) < 4.78 is 5.42. The Bertz CT molecular complexity index is 995. The molecule has 1 atom stereocenters. The first-order valence-corrected chi connectivity index (χ1v) is 11.3. The first kappa shape index (κ1) is 26.7. The standard InChI is InChI=1S/C25H34N4O5/c1-5-22(29(3)14-8-11-24(31)32)28-23(30)16-18-12-13-20(21(15-18)34-4)27-25(33)26-19-10-7-6-9-17(19)2/h6-7,9-10,12-13,15,22H,5,8,11,14,16H2,1-4H3,(H,28,30)(H,31,32)(H2,26,27,33). The summed E-state index contributed by atoms with van der Waals surface area (Å²) in [6, 6.07) is 12.3. The second kappa shape index (κ2) is 13.2. The topological polar surface area (TPSA) is 120 Å². The van der Waals surface area contributed by atoms with Gasteiger partial charge in [0.25, 0.3) is 0 Å². The van der Waals surface area contributed by atoms with Crippen molar-refractivity contribution in [3.8, 4) is 5.75 Å². The van der Waals surface area contributed by atoms with Gasteiger partial charge in [-0.3, -0.25) is 14.5 Å². The average Bonchev–Trinajstić information content (AvgIpc) is 2.79. The van der Waals surface area contributed by atoms with Crippen LogP contribution in [0, 0.1) is 6.92 Å². The molecule has 4 N–H and O–H groups in total. The van der Waals surface area contributed by atoms with Crippen LogP contribution in [0.2, 0.25) is 0 Å². The number of nitrogens with zero attached hydrogens (tertiary/aromatic N) is 1. The Labute approximate surface area is 200 Å². The highest BCUT2D eigenvalue weighted by Gasteiger charge is 2.17. The van der Waals surface area contributed by atoms with E-state index in [2.05, 4.69) is 16.0 Å². The van der Waals surface area contributed by atoms with E-state index in [4.69, 9.17) is 9.84 Å². The SMILES string of the molecule is CCC(NC(=O)Cc1ccc(NC(=O)Nc2ccccc2C)c(OC)c1)N(C)CCCC(=O)O. The van der Waals surface area contributed by atoms with Gasteiger partial charge in [-0.25, -0.2) is 4.79 Å². The number of methoxy groups -OCH3 is 1. The van der Waals surface area contributed by atoms with Crippen LogP contribution in [0.5, 0.6) is 5.75 Å². The highest BCUT2D eigenvalue weighted by Crippen LogP contribution is 2.26. The molecule has 2 rings (SSSR count). The highest BCUT2D eigenvalue weighted by atomic mass is 16.5. The molecule has 1 unspecified atom stereocenters. The van der Waals surface area contributed by atoms with Crippen molar-refractivity contribution in [1.29, 1.82) is 0 Å². The minimum Gasteiger partial charge on any atom is -0.495 e. The minimum atomic E-state index is -0.829. The van der Waals surface area contributed by atoms with Crippen LogP contribution in [0.25, 0.3) is 0 Å². The molecule has 0 fully saturated rings. The molecule has 0 radical (unpaired) electrons. The van der Waals surface area contributed by atoms with E-state index >= 15 is 0 Å². The van der Waals surface area contributed by atoms with Crippen molar-refractivity contribution >= 4 is 29.3 Å². The second-order valence-electron chi connectivity index (χ2n) is 8.07. The molecule has 9 nitrogen and oxygen atoms in total. The van der Waals surface area contributed by atoms with E-state index in [9.17, 15) is 14.4 Å². The molecule has 0 bridgehead atoms. The van der Waals surface area contributed by atoms with Gasteiger partial charge in [-0.1, -0.05) is 31.2 Å². The molecule has 34 heavy (non-hydrogen) atoms. The summed E-state index contributed by atoms with van der Waals surface area (Å²) in [5, 5.41) is 17.4. The molecule has 2 aromatic rings. The maximum absolute atomic E-state index is 12.6. The number of amides is 3. The maximum atomic E-state index is 12.6. The van der Waals surface area contributed by atoms with Crippen LogP contribution in [0.4, 0.5) is 16.2 Å². The van der Waals surface area contributed by atoms with Gasteiger partial charge in [-0.15, -0.1) is 0 Å². The van der Waals surface area contributed by atoms with Crippen molar-refractivity contribution < 1.29 is 24.2 Å². The number of carboxylic acids is 1. The van der Waals surface area contributed by atoms with Gasteiger partial charge < -0.3 is 25.8 Å². The Balaban J connectivity index is 1.96. The molecule has 9 heteroatoms. The fourth-order valence-electron chi connectivity index (χ4n) is 3.52. The number of aliphatic carboxylic acids is 1. The van der Waals surface area contributed by atoms with E-state index < -0.39 is 12.0 Å². The largest absolute Gasteiger partial charge is 0.495 e. The molecule has 0 spiro atoms. The molecular weight excluding hydrogens is 436 g/mol. The zero-order valence-corrected chi connectivity index (χ0v) is 20.2. The maximum Gasteiger partial charge on any atom is 0.323 e. The predicted octanol–water partition coefficient (Wildman–Crippen LogP) is 3.84. The Morgan fingerprint density at radius 2 is 1.79 bits per heavy atom. The number of carbonyl (C=O) groups excluding carboxylic acids is 2. The third-order valence-corrected chi connectivity index (χ3v) is 5.42. The number of anilines is 2. The summed E-state index contributed by atoms with van der Waals surface area (Å²) in [4.78, 5) is 37.7. The number of ether oxygens (including phenoxy) is 1. The van der Waals surface area contributed by atoms with E-state index in [0.717, 1.165) is 11.1 Å².